The van der Waals surface area contributed by atoms with Crippen LogP contribution < -0.4 is 0 Å². The summed E-state index contributed by atoms with van der Waals surface area (Å²) in [4.78, 5) is 18.1. The number of methoxy groups -OCH3 is 1. The maximum absolute atomic E-state index is 11.7. The van der Waals surface area contributed by atoms with Crippen LogP contribution in [0.5, 0.6) is 0 Å². The van der Waals surface area contributed by atoms with Crippen LogP contribution in [0.2, 0.25) is 0 Å². The normalized spacial score (nSPS) is 13.8. The lowest BCUT2D eigenvalue weighted by Crippen LogP contribution is -2.35. The van der Waals surface area contributed by atoms with E-state index >= 15 is 0 Å². The third kappa shape index (κ3) is 5.58. The van der Waals surface area contributed by atoms with E-state index in [0.717, 1.165) is 55.1 Å². The molecule has 0 spiro atoms. The summed E-state index contributed by atoms with van der Waals surface area (Å²) in [6, 6.07) is 20.0. The van der Waals surface area contributed by atoms with E-state index in [9.17, 15) is 4.79 Å². The summed E-state index contributed by atoms with van der Waals surface area (Å²) in [5.74, 6) is 6.00. The lowest BCUT2D eigenvalue weighted by atomic mass is 10.0. The molecule has 31 heavy (non-hydrogen) atoms. The van der Waals surface area contributed by atoms with Crippen molar-refractivity contribution in [1.82, 2.24) is 9.88 Å². The zero-order chi connectivity index (χ0) is 21.5. The fourth-order valence-electron chi connectivity index (χ4n) is 3.43. The highest BCUT2D eigenvalue weighted by Gasteiger charge is 2.10. The van der Waals surface area contributed by atoms with Gasteiger partial charge in [-0.1, -0.05) is 36.1 Å². The molecule has 3 aromatic rings. The Labute approximate surface area is 182 Å². The summed E-state index contributed by atoms with van der Waals surface area (Å²) in [5.41, 5.74) is 5.41. The minimum absolute atomic E-state index is 0.293. The first-order valence-corrected chi connectivity index (χ1v) is 10.3. The lowest BCUT2D eigenvalue weighted by Gasteiger charge is -2.26. The molecule has 0 bridgehead atoms. The number of carbonyl (C=O) groups is 1. The van der Waals surface area contributed by atoms with Gasteiger partial charge in [-0.05, 0) is 53.1 Å². The molecule has 0 aliphatic carbocycles. The van der Waals surface area contributed by atoms with Gasteiger partial charge in [-0.25, -0.2) is 9.78 Å². The molecule has 1 aliphatic rings. The van der Waals surface area contributed by atoms with Crippen LogP contribution in [0.25, 0.3) is 11.1 Å². The van der Waals surface area contributed by atoms with Gasteiger partial charge in [0, 0.05) is 37.0 Å². The summed E-state index contributed by atoms with van der Waals surface area (Å²) in [6.07, 6.45) is 1.61. The minimum atomic E-state index is -0.444. The second-order valence-corrected chi connectivity index (χ2v) is 7.33. The first kappa shape index (κ1) is 20.8. The zero-order valence-corrected chi connectivity index (χ0v) is 17.5. The van der Waals surface area contributed by atoms with Crippen molar-refractivity contribution in [1.29, 1.82) is 0 Å². The Bertz CT molecular complexity index is 1090. The van der Waals surface area contributed by atoms with Gasteiger partial charge in [0.2, 0.25) is 0 Å². The van der Waals surface area contributed by atoms with E-state index in [0.29, 0.717) is 5.69 Å². The topological polar surface area (TPSA) is 51.7 Å². The molecule has 0 atom stereocenters. The molecule has 0 N–H and O–H groups in total. The minimum Gasteiger partial charge on any atom is -0.464 e. The predicted molar refractivity (Wildman–Crippen MR) is 120 cm³/mol. The number of esters is 1. The molecular formula is C26H24N2O3. The molecular weight excluding hydrogens is 388 g/mol. The van der Waals surface area contributed by atoms with E-state index in [1.165, 1.54) is 12.7 Å². The molecule has 156 valence electrons. The number of hydrogen-bond donors (Lipinski definition) is 0. The molecule has 2 aromatic carbocycles. The first-order valence-electron chi connectivity index (χ1n) is 10.3. The molecule has 0 saturated carbocycles. The van der Waals surface area contributed by atoms with Crippen LogP contribution in [-0.2, 0) is 16.0 Å². The van der Waals surface area contributed by atoms with Crippen LogP contribution in [0, 0.1) is 11.8 Å². The van der Waals surface area contributed by atoms with E-state index in [-0.39, 0.29) is 0 Å². The summed E-state index contributed by atoms with van der Waals surface area (Å²) in [7, 11) is 1.35. The van der Waals surface area contributed by atoms with Crippen LogP contribution in [0.1, 0.15) is 27.2 Å². The Morgan fingerprint density at radius 1 is 0.968 bits per heavy atom. The second kappa shape index (κ2) is 10.0. The summed E-state index contributed by atoms with van der Waals surface area (Å²) >= 11 is 0. The van der Waals surface area contributed by atoms with Crippen LogP contribution in [0.15, 0.2) is 66.9 Å². The van der Waals surface area contributed by atoms with Gasteiger partial charge in [-0.15, -0.1) is 0 Å². The molecule has 0 radical (unpaired) electrons. The van der Waals surface area contributed by atoms with E-state index in [4.69, 9.17) is 9.47 Å². The number of nitrogens with zero attached hydrogens (tertiary/aromatic N) is 2. The van der Waals surface area contributed by atoms with Crippen LogP contribution in [-0.4, -0.2) is 49.3 Å². The van der Waals surface area contributed by atoms with Gasteiger partial charge < -0.3 is 9.47 Å². The van der Waals surface area contributed by atoms with Gasteiger partial charge in [0.1, 0.15) is 5.69 Å². The highest BCUT2D eigenvalue weighted by Crippen LogP contribution is 2.20. The van der Waals surface area contributed by atoms with Crippen molar-refractivity contribution < 1.29 is 14.3 Å². The Balaban J connectivity index is 1.41. The quantitative estimate of drug-likeness (QED) is 0.482. The summed E-state index contributed by atoms with van der Waals surface area (Å²) in [6.45, 7) is 4.55. The number of pyridine rings is 1. The monoisotopic (exact) mass is 412 g/mol. The largest absolute Gasteiger partial charge is 0.464 e. The Morgan fingerprint density at radius 2 is 1.61 bits per heavy atom. The van der Waals surface area contributed by atoms with Gasteiger partial charge in [-0.3, -0.25) is 4.90 Å². The van der Waals surface area contributed by atoms with E-state index in [1.54, 1.807) is 12.3 Å². The number of carbonyl (C=O) groups excluding carboxylic acids is 1. The third-order valence-corrected chi connectivity index (χ3v) is 5.19. The van der Waals surface area contributed by atoms with Crippen molar-refractivity contribution in [3.8, 4) is 23.0 Å². The molecule has 1 aliphatic heterocycles. The Morgan fingerprint density at radius 3 is 2.26 bits per heavy atom. The van der Waals surface area contributed by atoms with Gasteiger partial charge in [0.15, 0.2) is 0 Å². The van der Waals surface area contributed by atoms with Gasteiger partial charge >= 0.3 is 5.97 Å². The van der Waals surface area contributed by atoms with E-state index in [1.807, 2.05) is 30.3 Å². The standard InChI is InChI=1S/C26H24N2O3/c1-30-26(29)25-18-24(12-13-27-25)23-10-8-21(9-11-23)3-2-20-4-6-22(7-5-20)19-28-14-16-31-17-15-28/h4-13,18H,14-17,19H2,1H3. The fourth-order valence-corrected chi connectivity index (χ4v) is 3.43. The zero-order valence-electron chi connectivity index (χ0n) is 17.5. The number of morpholine rings is 1. The molecule has 4 rings (SSSR count). The maximum atomic E-state index is 11.7. The first-order chi connectivity index (χ1) is 15.2. The summed E-state index contributed by atoms with van der Waals surface area (Å²) < 4.78 is 10.1. The predicted octanol–water partition coefficient (Wildman–Crippen LogP) is 3.77. The number of benzene rings is 2. The van der Waals surface area contributed by atoms with E-state index < -0.39 is 5.97 Å². The smallest absolute Gasteiger partial charge is 0.356 e. The Kier molecular flexibility index (Phi) is 6.73. The van der Waals surface area contributed by atoms with Gasteiger partial charge in [0.25, 0.3) is 0 Å². The van der Waals surface area contributed by atoms with Crippen LogP contribution >= 0.6 is 0 Å². The SMILES string of the molecule is COC(=O)c1cc(-c2ccc(C#Cc3ccc(CN4CCOCC4)cc3)cc2)ccn1. The van der Waals surface area contributed by atoms with E-state index in [2.05, 4.69) is 46.0 Å². The highest BCUT2D eigenvalue weighted by molar-refractivity contribution is 5.88. The number of aromatic nitrogens is 1. The van der Waals surface area contributed by atoms with Crippen LogP contribution in [0.4, 0.5) is 0 Å². The second-order valence-electron chi connectivity index (χ2n) is 7.33. The van der Waals surface area contributed by atoms with Crippen molar-refractivity contribution in [3.05, 3.63) is 89.2 Å². The Hall–Kier alpha value is -3.46. The number of hydrogen-bond acceptors (Lipinski definition) is 5. The van der Waals surface area contributed by atoms with Crippen molar-refractivity contribution in [3.63, 3.8) is 0 Å². The van der Waals surface area contributed by atoms with Gasteiger partial charge in [-0.2, -0.15) is 0 Å². The van der Waals surface area contributed by atoms with Crippen LogP contribution in [0.3, 0.4) is 0 Å². The average molecular weight is 412 g/mol. The third-order valence-electron chi connectivity index (χ3n) is 5.19. The summed E-state index contributed by atoms with van der Waals surface area (Å²) in [5, 5.41) is 0. The van der Waals surface area contributed by atoms with Crippen molar-refractivity contribution in [2.45, 2.75) is 6.54 Å². The van der Waals surface area contributed by atoms with Crippen molar-refractivity contribution in [2.75, 3.05) is 33.4 Å². The molecule has 1 saturated heterocycles. The maximum Gasteiger partial charge on any atom is 0.356 e. The molecule has 5 heteroatoms. The lowest BCUT2D eigenvalue weighted by molar-refractivity contribution is 0.0342. The van der Waals surface area contributed by atoms with Gasteiger partial charge in [0.05, 0.1) is 20.3 Å². The average Bonchev–Trinajstić information content (AvgIpc) is 2.84. The molecule has 0 amide bonds. The molecule has 0 unspecified atom stereocenters. The number of rotatable bonds is 4. The number of ether oxygens (including phenoxy) is 2. The molecule has 1 aromatic heterocycles. The van der Waals surface area contributed by atoms with Crippen molar-refractivity contribution >= 4 is 5.97 Å². The highest BCUT2D eigenvalue weighted by atomic mass is 16.5. The molecule has 2 heterocycles. The molecule has 1 fully saturated rings. The van der Waals surface area contributed by atoms with Crippen molar-refractivity contribution in [2.24, 2.45) is 0 Å². The fraction of sp³-hybridized carbons (Fsp3) is 0.231. The molecule has 5 nitrogen and oxygen atoms in total.